The normalized spacial score (nSPS) is 24.5. The standard InChI is InChI=1S/C19H29F3N4O5/c1-10(15(28)19(20,21)22)23-17(30)14-7-5-9-26(14)18(31)11(2)24-16(29)13-6-4-8-25(13)12(3)27/h10-11,13-15,28H,4-9H2,1-3H3,(H,23,30)(H,24,29). The second-order valence-corrected chi connectivity index (χ2v) is 8.07. The van der Waals surface area contributed by atoms with Crippen molar-refractivity contribution in [2.24, 2.45) is 0 Å². The molecule has 2 aliphatic heterocycles. The molecular formula is C19H29F3N4O5. The highest BCUT2D eigenvalue weighted by Crippen LogP contribution is 2.24. The molecule has 3 N–H and O–H groups in total. The number of aliphatic hydroxyl groups excluding tert-OH is 1. The van der Waals surface area contributed by atoms with Gasteiger partial charge >= 0.3 is 6.18 Å². The lowest BCUT2D eigenvalue weighted by Gasteiger charge is -2.30. The highest BCUT2D eigenvalue weighted by Gasteiger charge is 2.44. The Morgan fingerprint density at radius 1 is 0.935 bits per heavy atom. The number of aliphatic hydroxyl groups is 1. The molecular weight excluding hydrogens is 421 g/mol. The van der Waals surface area contributed by atoms with E-state index in [0.717, 1.165) is 6.92 Å². The molecule has 0 radical (unpaired) electrons. The van der Waals surface area contributed by atoms with E-state index in [-0.39, 0.29) is 18.9 Å². The fourth-order valence-electron chi connectivity index (χ4n) is 4.02. The zero-order valence-electron chi connectivity index (χ0n) is 17.7. The topological polar surface area (TPSA) is 119 Å². The number of amides is 4. The quantitative estimate of drug-likeness (QED) is 0.523. The predicted octanol–water partition coefficient (Wildman–Crippen LogP) is -0.0791. The molecule has 12 heteroatoms. The van der Waals surface area contributed by atoms with Gasteiger partial charge in [0.05, 0.1) is 6.04 Å². The van der Waals surface area contributed by atoms with Crippen LogP contribution in [0.4, 0.5) is 13.2 Å². The van der Waals surface area contributed by atoms with E-state index in [9.17, 15) is 37.5 Å². The van der Waals surface area contributed by atoms with Crippen LogP contribution < -0.4 is 10.6 Å². The van der Waals surface area contributed by atoms with Gasteiger partial charge in [0.15, 0.2) is 6.10 Å². The Labute approximate surface area is 178 Å². The Bertz CT molecular complexity index is 717. The lowest BCUT2D eigenvalue weighted by molar-refractivity contribution is -0.210. The van der Waals surface area contributed by atoms with Crippen LogP contribution in [0.25, 0.3) is 0 Å². The van der Waals surface area contributed by atoms with Crippen molar-refractivity contribution in [1.82, 2.24) is 20.4 Å². The summed E-state index contributed by atoms with van der Waals surface area (Å²) in [6, 6.07) is -4.21. The van der Waals surface area contributed by atoms with Crippen LogP contribution >= 0.6 is 0 Å². The first kappa shape index (κ1) is 24.9. The largest absolute Gasteiger partial charge is 0.416 e. The Balaban J connectivity index is 1.97. The lowest BCUT2D eigenvalue weighted by atomic mass is 10.1. The van der Waals surface area contributed by atoms with Gasteiger partial charge in [-0.15, -0.1) is 0 Å². The molecule has 2 fully saturated rings. The molecule has 0 saturated carbocycles. The first-order valence-corrected chi connectivity index (χ1v) is 10.3. The van der Waals surface area contributed by atoms with E-state index in [1.807, 2.05) is 0 Å². The summed E-state index contributed by atoms with van der Waals surface area (Å²) < 4.78 is 37.9. The number of rotatable bonds is 6. The molecule has 176 valence electrons. The molecule has 2 heterocycles. The predicted molar refractivity (Wildman–Crippen MR) is 102 cm³/mol. The van der Waals surface area contributed by atoms with Crippen LogP contribution in [0.5, 0.6) is 0 Å². The minimum Gasteiger partial charge on any atom is -0.382 e. The fourth-order valence-corrected chi connectivity index (χ4v) is 4.02. The third-order valence-electron chi connectivity index (χ3n) is 5.71. The average Bonchev–Trinajstić information content (AvgIpc) is 3.35. The summed E-state index contributed by atoms with van der Waals surface area (Å²) in [4.78, 5) is 52.1. The van der Waals surface area contributed by atoms with Crippen molar-refractivity contribution in [3.8, 4) is 0 Å². The summed E-state index contributed by atoms with van der Waals surface area (Å²) >= 11 is 0. The molecule has 5 atom stereocenters. The van der Waals surface area contributed by atoms with Crippen LogP contribution in [0.3, 0.4) is 0 Å². The van der Waals surface area contributed by atoms with Gasteiger partial charge in [0.25, 0.3) is 0 Å². The molecule has 0 aromatic rings. The second-order valence-electron chi connectivity index (χ2n) is 8.07. The molecule has 0 aliphatic carbocycles. The Kier molecular flexibility index (Phi) is 7.90. The third-order valence-corrected chi connectivity index (χ3v) is 5.71. The monoisotopic (exact) mass is 450 g/mol. The SMILES string of the molecule is CC(=O)N1CCCC1C(=O)NC(C)C(=O)N1CCCC1C(=O)NC(C)C(O)C(F)(F)F. The number of carbonyl (C=O) groups excluding carboxylic acids is 4. The maximum absolute atomic E-state index is 12.8. The highest BCUT2D eigenvalue weighted by molar-refractivity contribution is 5.94. The van der Waals surface area contributed by atoms with Crippen molar-refractivity contribution in [3.63, 3.8) is 0 Å². The van der Waals surface area contributed by atoms with Gasteiger partial charge in [0, 0.05) is 20.0 Å². The van der Waals surface area contributed by atoms with Crippen molar-refractivity contribution in [3.05, 3.63) is 0 Å². The van der Waals surface area contributed by atoms with Gasteiger partial charge in [-0.1, -0.05) is 0 Å². The zero-order valence-corrected chi connectivity index (χ0v) is 17.7. The molecule has 5 unspecified atom stereocenters. The Morgan fingerprint density at radius 2 is 1.42 bits per heavy atom. The summed E-state index contributed by atoms with van der Waals surface area (Å²) in [5.74, 6) is -2.03. The lowest BCUT2D eigenvalue weighted by Crippen LogP contribution is -2.57. The average molecular weight is 450 g/mol. The van der Waals surface area contributed by atoms with Gasteiger partial charge in [0.1, 0.15) is 18.1 Å². The van der Waals surface area contributed by atoms with Gasteiger partial charge < -0.3 is 25.5 Å². The molecule has 9 nitrogen and oxygen atoms in total. The van der Waals surface area contributed by atoms with Crippen LogP contribution in [0.2, 0.25) is 0 Å². The number of nitrogens with zero attached hydrogens (tertiary/aromatic N) is 2. The number of carbonyl (C=O) groups is 4. The summed E-state index contributed by atoms with van der Waals surface area (Å²) in [5, 5.41) is 14.0. The van der Waals surface area contributed by atoms with Gasteiger partial charge in [-0.05, 0) is 39.5 Å². The van der Waals surface area contributed by atoms with E-state index < -0.39 is 54.2 Å². The number of hydrogen-bond acceptors (Lipinski definition) is 5. The van der Waals surface area contributed by atoms with Crippen LogP contribution in [0.1, 0.15) is 46.5 Å². The summed E-state index contributed by atoms with van der Waals surface area (Å²) in [7, 11) is 0. The van der Waals surface area contributed by atoms with Crippen molar-refractivity contribution >= 4 is 23.6 Å². The van der Waals surface area contributed by atoms with Crippen LogP contribution in [-0.4, -0.2) is 88.1 Å². The maximum atomic E-state index is 12.8. The summed E-state index contributed by atoms with van der Waals surface area (Å²) in [6.07, 6.45) is -5.72. The molecule has 2 aliphatic rings. The van der Waals surface area contributed by atoms with Crippen LogP contribution in [-0.2, 0) is 19.2 Å². The molecule has 31 heavy (non-hydrogen) atoms. The number of nitrogens with one attached hydrogen (secondary N) is 2. The van der Waals surface area contributed by atoms with Gasteiger partial charge in [-0.25, -0.2) is 0 Å². The van der Waals surface area contributed by atoms with E-state index >= 15 is 0 Å². The minimum absolute atomic E-state index is 0.219. The van der Waals surface area contributed by atoms with E-state index in [1.54, 1.807) is 0 Å². The second kappa shape index (κ2) is 9.84. The van der Waals surface area contributed by atoms with Gasteiger partial charge in [-0.2, -0.15) is 13.2 Å². The molecule has 4 amide bonds. The van der Waals surface area contributed by atoms with E-state index in [2.05, 4.69) is 10.6 Å². The van der Waals surface area contributed by atoms with Crippen molar-refractivity contribution in [1.29, 1.82) is 0 Å². The van der Waals surface area contributed by atoms with Gasteiger partial charge in [-0.3, -0.25) is 19.2 Å². The summed E-state index contributed by atoms with van der Waals surface area (Å²) in [6.45, 7) is 4.53. The molecule has 0 aromatic carbocycles. The molecule has 0 bridgehead atoms. The third kappa shape index (κ3) is 5.86. The Hall–Kier alpha value is -2.37. The number of hydrogen-bond donors (Lipinski definition) is 3. The van der Waals surface area contributed by atoms with Crippen LogP contribution in [0, 0.1) is 0 Å². The van der Waals surface area contributed by atoms with Gasteiger partial charge in [0.2, 0.25) is 23.6 Å². The minimum atomic E-state index is -4.88. The highest BCUT2D eigenvalue weighted by atomic mass is 19.4. The molecule has 0 spiro atoms. The first-order chi connectivity index (χ1) is 14.3. The van der Waals surface area contributed by atoms with E-state index in [0.29, 0.717) is 25.8 Å². The van der Waals surface area contributed by atoms with E-state index in [1.165, 1.54) is 23.6 Å². The first-order valence-electron chi connectivity index (χ1n) is 10.3. The fraction of sp³-hybridized carbons (Fsp3) is 0.789. The number of likely N-dealkylation sites (tertiary alicyclic amines) is 2. The smallest absolute Gasteiger partial charge is 0.382 e. The van der Waals surface area contributed by atoms with Crippen molar-refractivity contribution in [2.75, 3.05) is 13.1 Å². The van der Waals surface area contributed by atoms with Crippen molar-refractivity contribution in [2.45, 2.75) is 82.9 Å². The molecule has 0 aromatic heterocycles. The molecule has 2 rings (SSSR count). The maximum Gasteiger partial charge on any atom is 0.416 e. The zero-order chi connectivity index (χ0) is 23.5. The van der Waals surface area contributed by atoms with E-state index in [4.69, 9.17) is 0 Å². The number of halogens is 3. The Morgan fingerprint density at radius 3 is 1.94 bits per heavy atom. The number of alkyl halides is 3. The summed E-state index contributed by atoms with van der Waals surface area (Å²) in [5.41, 5.74) is 0. The molecule has 2 saturated heterocycles. The van der Waals surface area contributed by atoms with Crippen molar-refractivity contribution < 1.29 is 37.5 Å². The van der Waals surface area contributed by atoms with Crippen LogP contribution in [0.15, 0.2) is 0 Å².